The second-order valence-electron chi connectivity index (χ2n) is 5.46. The van der Waals surface area contributed by atoms with Gasteiger partial charge in [-0.05, 0) is 0 Å². The molecule has 0 aromatic rings. The second-order valence-corrected chi connectivity index (χ2v) is 5.80. The third kappa shape index (κ3) is 0.842. The first kappa shape index (κ1) is 13.3. The molecule has 0 aromatic heterocycles. The zero-order valence-electron chi connectivity index (χ0n) is 12.4. The van der Waals surface area contributed by atoms with Crippen molar-refractivity contribution in [3.8, 4) is 0 Å². The van der Waals surface area contributed by atoms with Gasteiger partial charge in [0.25, 0.3) is 0 Å². The van der Waals surface area contributed by atoms with Gasteiger partial charge in [0.05, 0.1) is 14.1 Å². The summed E-state index contributed by atoms with van der Waals surface area (Å²) in [6, 6.07) is -0.335. The molecule has 9 heteroatoms. The quantitative estimate of drug-likeness (QED) is 0.446. The van der Waals surface area contributed by atoms with Crippen molar-refractivity contribution in [2.45, 2.75) is 11.6 Å². The van der Waals surface area contributed by atoms with Crippen molar-refractivity contribution in [1.82, 2.24) is 24.5 Å². The molecule has 0 spiro atoms. The van der Waals surface area contributed by atoms with Gasteiger partial charge in [-0.25, -0.2) is 19.1 Å². The summed E-state index contributed by atoms with van der Waals surface area (Å²) in [5, 5.41) is 0.474. The van der Waals surface area contributed by atoms with Crippen molar-refractivity contribution in [2.75, 3.05) is 42.3 Å². The molecular weight excluding hydrogens is 284 g/mol. The normalized spacial score (nSPS) is 36.6. The van der Waals surface area contributed by atoms with Crippen LogP contribution in [0.3, 0.4) is 0 Å². The summed E-state index contributed by atoms with van der Waals surface area (Å²) in [7, 11) is 10.3. The maximum atomic E-state index is 12.5. The van der Waals surface area contributed by atoms with Gasteiger partial charge in [-0.15, -0.1) is 0 Å². The largest absolute Gasteiger partial charge is 0.355 e. The van der Waals surface area contributed by atoms with Crippen molar-refractivity contribution < 1.29 is 14.2 Å². The van der Waals surface area contributed by atoms with Crippen LogP contribution in [0, 0.1) is 0 Å². The fourth-order valence-corrected chi connectivity index (χ4v) is 4.40. The van der Waals surface area contributed by atoms with Gasteiger partial charge in [-0.2, -0.15) is 0 Å². The second kappa shape index (κ2) is 3.30. The molecule has 0 unspecified atom stereocenters. The number of hydrogen-bond donors (Lipinski definition) is 0. The highest BCUT2D eigenvalue weighted by Gasteiger charge is 2.88. The summed E-state index contributed by atoms with van der Waals surface area (Å²) in [6.07, 6.45) is 0. The van der Waals surface area contributed by atoms with E-state index >= 15 is 0 Å². The molecule has 0 bridgehead atoms. The lowest BCUT2D eigenvalue weighted by molar-refractivity contribution is -0.629. The Morgan fingerprint density at radius 2 is 1.25 bits per heavy atom. The van der Waals surface area contributed by atoms with E-state index < -0.39 is 11.6 Å². The Balaban J connectivity index is 2.42. The minimum atomic E-state index is -0.990. The summed E-state index contributed by atoms with van der Waals surface area (Å²) in [5.41, 5.74) is 0. The first-order chi connectivity index (χ1) is 9.18. The molecule has 20 heavy (non-hydrogen) atoms. The molecular formula is C11H18ClN6O2+. The van der Waals surface area contributed by atoms with Crippen LogP contribution in [0.2, 0.25) is 0 Å². The number of halogens is 1. The molecule has 3 aliphatic rings. The molecule has 8 nitrogen and oxygen atoms in total. The maximum Gasteiger partial charge on any atom is 0.355 e. The molecule has 110 valence electrons. The number of urea groups is 2. The molecule has 0 saturated carbocycles. The number of hydrogen-bond acceptors (Lipinski definition) is 3. The highest BCUT2D eigenvalue weighted by molar-refractivity contribution is 6.63. The number of amidine groups is 1. The molecule has 0 radical (unpaired) electrons. The van der Waals surface area contributed by atoms with Crippen molar-refractivity contribution in [1.29, 1.82) is 0 Å². The van der Waals surface area contributed by atoms with Crippen LogP contribution in [-0.4, -0.2) is 100 Å². The van der Waals surface area contributed by atoms with Crippen molar-refractivity contribution >= 4 is 29.0 Å². The lowest BCUT2D eigenvalue weighted by Crippen LogP contribution is -2.72. The van der Waals surface area contributed by atoms with Gasteiger partial charge in [0.1, 0.15) is 0 Å². The first-order valence-electron chi connectivity index (χ1n) is 6.21. The summed E-state index contributed by atoms with van der Waals surface area (Å²) < 4.78 is 1.76. The van der Waals surface area contributed by atoms with E-state index in [1.807, 2.05) is 0 Å². The Kier molecular flexibility index (Phi) is 2.20. The third-order valence-electron chi connectivity index (χ3n) is 4.96. The molecule has 0 N–H and O–H groups in total. The first-order valence-corrected chi connectivity index (χ1v) is 6.59. The molecule has 0 aromatic carbocycles. The maximum absolute atomic E-state index is 12.5. The van der Waals surface area contributed by atoms with Crippen LogP contribution >= 0.6 is 11.6 Å². The summed E-state index contributed by atoms with van der Waals surface area (Å²) in [5.74, 6) is -1.98. The average molecular weight is 302 g/mol. The zero-order chi connectivity index (χ0) is 15.2. The van der Waals surface area contributed by atoms with Gasteiger partial charge in [0.15, 0.2) is 0 Å². The highest BCUT2D eigenvalue weighted by atomic mass is 35.5. The van der Waals surface area contributed by atoms with Gasteiger partial charge in [-0.1, -0.05) is 0 Å². The number of carbonyl (C=O) groups excluding carboxylic acids is 2. The molecule has 2 saturated heterocycles. The Morgan fingerprint density at radius 1 is 0.850 bits per heavy atom. The van der Waals surface area contributed by atoms with E-state index in [0.717, 1.165) is 0 Å². The standard InChI is InChI=1S/C11H18ClN6O2/c1-13-7(12)14(2)11-10(13,15(3)8(19)17(11)5)16(4)9(20)18(11)6/h1-6H3/q+1. The zero-order valence-corrected chi connectivity index (χ0v) is 13.1. The minimum Gasteiger partial charge on any atom is -0.260 e. The monoisotopic (exact) mass is 301 g/mol. The van der Waals surface area contributed by atoms with Crippen LogP contribution in [0.4, 0.5) is 9.59 Å². The molecule has 2 fully saturated rings. The highest BCUT2D eigenvalue weighted by Crippen LogP contribution is 2.53. The van der Waals surface area contributed by atoms with Crippen molar-refractivity contribution in [2.24, 2.45) is 0 Å². The fraction of sp³-hybridized carbons (Fsp3) is 0.727. The van der Waals surface area contributed by atoms with E-state index in [4.69, 9.17) is 11.6 Å². The van der Waals surface area contributed by atoms with E-state index in [9.17, 15) is 9.59 Å². The van der Waals surface area contributed by atoms with Crippen LogP contribution in [0.15, 0.2) is 0 Å². The van der Waals surface area contributed by atoms with E-state index in [1.165, 1.54) is 0 Å². The molecule has 3 rings (SSSR count). The van der Waals surface area contributed by atoms with Crippen LogP contribution < -0.4 is 0 Å². The van der Waals surface area contributed by atoms with Crippen LogP contribution in [0.5, 0.6) is 0 Å². The Morgan fingerprint density at radius 3 is 1.60 bits per heavy atom. The van der Waals surface area contributed by atoms with E-state index in [0.29, 0.717) is 5.29 Å². The number of likely N-dealkylation sites (N-methyl/N-ethyl adjacent to an activating group) is 6. The Labute approximate surface area is 122 Å². The number of carbonyl (C=O) groups is 2. The number of nitrogens with zero attached hydrogens (tertiary/aromatic N) is 6. The predicted molar refractivity (Wildman–Crippen MR) is 72.1 cm³/mol. The molecule has 3 heterocycles. The van der Waals surface area contributed by atoms with E-state index in [2.05, 4.69) is 0 Å². The lowest BCUT2D eigenvalue weighted by atomic mass is 10.1. The Bertz CT molecular complexity index is 547. The van der Waals surface area contributed by atoms with Crippen molar-refractivity contribution in [3.63, 3.8) is 0 Å². The topological polar surface area (TPSA) is 53.4 Å². The summed E-state index contributed by atoms with van der Waals surface area (Å²) in [4.78, 5) is 33.0. The fourth-order valence-electron chi connectivity index (χ4n) is 4.17. The van der Waals surface area contributed by atoms with Crippen LogP contribution in [0.25, 0.3) is 0 Å². The molecule has 0 atom stereocenters. The van der Waals surface area contributed by atoms with E-state index in [1.54, 1.807) is 71.4 Å². The van der Waals surface area contributed by atoms with Gasteiger partial charge in [-0.3, -0.25) is 19.6 Å². The molecule has 3 aliphatic heterocycles. The van der Waals surface area contributed by atoms with Gasteiger partial charge >= 0.3 is 28.9 Å². The van der Waals surface area contributed by atoms with Crippen LogP contribution in [-0.2, 0) is 0 Å². The molecule has 0 aliphatic carbocycles. The number of rotatable bonds is 0. The van der Waals surface area contributed by atoms with E-state index in [-0.39, 0.29) is 12.1 Å². The summed E-state index contributed by atoms with van der Waals surface area (Å²) in [6.45, 7) is 0. The SMILES string of the molecule is CN1C(=O)N(C)C23N(C)C(=O)N(C)C12N(C)C(Cl)=[N+]3C. The number of amides is 4. The van der Waals surface area contributed by atoms with Crippen LogP contribution in [0.1, 0.15) is 0 Å². The summed E-state index contributed by atoms with van der Waals surface area (Å²) >= 11 is 6.40. The van der Waals surface area contributed by atoms with Gasteiger partial charge < -0.3 is 0 Å². The van der Waals surface area contributed by atoms with Crippen molar-refractivity contribution in [3.05, 3.63) is 0 Å². The molecule has 4 amide bonds. The minimum absolute atomic E-state index is 0.168. The predicted octanol–water partition coefficient (Wildman–Crippen LogP) is -0.529. The third-order valence-corrected chi connectivity index (χ3v) is 5.46. The smallest absolute Gasteiger partial charge is 0.260 e. The van der Waals surface area contributed by atoms with Gasteiger partial charge in [0, 0.05) is 39.8 Å². The average Bonchev–Trinajstić information content (AvgIpc) is 2.81. The van der Waals surface area contributed by atoms with Gasteiger partial charge in [0.2, 0.25) is 0 Å². The Hall–Kier alpha value is -1.70. The lowest BCUT2D eigenvalue weighted by Gasteiger charge is -2.39.